The second-order valence-corrected chi connectivity index (χ2v) is 10.7. The summed E-state index contributed by atoms with van der Waals surface area (Å²) in [5.74, 6) is 1.20. The fourth-order valence-electron chi connectivity index (χ4n) is 5.82. The Bertz CT molecular complexity index is 1960. The van der Waals surface area contributed by atoms with Gasteiger partial charge >= 0.3 is 0 Å². The largest absolute Gasteiger partial charge is 0.495 e. The highest BCUT2D eigenvalue weighted by Crippen LogP contribution is 2.42. The second kappa shape index (κ2) is 11.7. The average Bonchev–Trinajstić information content (AvgIpc) is 3.68. The van der Waals surface area contributed by atoms with Crippen LogP contribution in [0.2, 0.25) is 0 Å². The van der Waals surface area contributed by atoms with Crippen LogP contribution in [0.3, 0.4) is 0 Å². The van der Waals surface area contributed by atoms with Crippen molar-refractivity contribution in [1.82, 2.24) is 30.0 Å². The fraction of sp³-hybridized carbons (Fsp3) is 0.212. The van der Waals surface area contributed by atoms with Crippen molar-refractivity contribution < 1.29 is 14.3 Å². The van der Waals surface area contributed by atoms with E-state index in [-0.39, 0.29) is 11.9 Å². The smallest absolute Gasteiger partial charge is 0.272 e. The lowest BCUT2D eigenvalue weighted by Gasteiger charge is -2.23. The number of nitrogens with two attached hydrogens (primary N) is 1. The molecular weight excluding hydrogens is 556 g/mol. The van der Waals surface area contributed by atoms with Gasteiger partial charge in [-0.1, -0.05) is 42.5 Å². The van der Waals surface area contributed by atoms with Crippen LogP contribution < -0.4 is 25.8 Å². The van der Waals surface area contributed by atoms with Crippen LogP contribution in [0.5, 0.6) is 11.5 Å². The van der Waals surface area contributed by atoms with Crippen molar-refractivity contribution in [3.8, 4) is 22.8 Å². The van der Waals surface area contributed by atoms with Crippen molar-refractivity contribution in [3.63, 3.8) is 0 Å². The molecule has 3 aromatic carbocycles. The molecule has 0 bridgehead atoms. The monoisotopic (exact) mass is 588 g/mol. The summed E-state index contributed by atoms with van der Waals surface area (Å²) in [6.07, 6.45) is 3.31. The fourth-order valence-corrected chi connectivity index (χ4v) is 5.82. The summed E-state index contributed by atoms with van der Waals surface area (Å²) in [5.41, 5.74) is 11.2. The van der Waals surface area contributed by atoms with E-state index in [1.165, 1.54) is 6.33 Å². The summed E-state index contributed by atoms with van der Waals surface area (Å²) in [4.78, 5) is 25.7. The summed E-state index contributed by atoms with van der Waals surface area (Å²) in [6.45, 7) is 2.14. The zero-order valence-electron chi connectivity index (χ0n) is 24.2. The minimum Gasteiger partial charge on any atom is -0.495 e. The first-order chi connectivity index (χ1) is 21.6. The number of hydrogen-bond acceptors (Lipinski definition) is 8. The van der Waals surface area contributed by atoms with Gasteiger partial charge in [-0.25, -0.2) is 14.6 Å². The van der Waals surface area contributed by atoms with Gasteiger partial charge in [0, 0.05) is 10.9 Å². The molecule has 1 saturated heterocycles. The molecule has 0 spiro atoms. The number of piperidine rings is 1. The molecule has 1 amide bonds. The molecule has 44 heavy (non-hydrogen) atoms. The number of rotatable bonds is 8. The van der Waals surface area contributed by atoms with Crippen LogP contribution in [-0.2, 0) is 6.61 Å². The van der Waals surface area contributed by atoms with E-state index in [0.717, 1.165) is 42.4 Å². The molecule has 11 heteroatoms. The van der Waals surface area contributed by atoms with E-state index in [0.29, 0.717) is 57.6 Å². The second-order valence-electron chi connectivity index (χ2n) is 10.7. The molecule has 1 fully saturated rings. The molecule has 11 nitrogen and oxygen atoms in total. The van der Waals surface area contributed by atoms with Gasteiger partial charge in [0.1, 0.15) is 41.6 Å². The predicted octanol–water partition coefficient (Wildman–Crippen LogP) is 5.32. The zero-order chi connectivity index (χ0) is 30.0. The van der Waals surface area contributed by atoms with Crippen molar-refractivity contribution >= 4 is 39.3 Å². The van der Waals surface area contributed by atoms with E-state index in [1.54, 1.807) is 19.2 Å². The standard InChI is InChI=1S/C33H32N8O3/c1-43-26-10-6-5-9-24(26)39-33(42)25-17-22-23(38-25)11-12-27(44-18-20-7-3-2-4-8-20)28(22)30-29-31(34)36-19-37-32(29)41(40-30)21-13-15-35-16-14-21/h2-12,17,19,21,35,38H,13-16,18H2,1H3,(H,39,42)(H2,34,36,37). The summed E-state index contributed by atoms with van der Waals surface area (Å²) in [6, 6.07) is 23.0. The molecule has 0 saturated carbocycles. The number of ether oxygens (including phenoxy) is 2. The molecule has 1 aliphatic heterocycles. The van der Waals surface area contributed by atoms with Gasteiger partial charge < -0.3 is 30.8 Å². The van der Waals surface area contributed by atoms with Gasteiger partial charge in [0.2, 0.25) is 0 Å². The van der Waals surface area contributed by atoms with Crippen LogP contribution in [0.1, 0.15) is 34.9 Å². The minimum atomic E-state index is -0.309. The van der Waals surface area contributed by atoms with E-state index >= 15 is 0 Å². The number of nitrogens with one attached hydrogen (secondary N) is 3. The molecule has 1 aliphatic rings. The Hall–Kier alpha value is -5.42. The van der Waals surface area contributed by atoms with Crippen LogP contribution >= 0.6 is 0 Å². The van der Waals surface area contributed by atoms with Crippen molar-refractivity contribution in [2.45, 2.75) is 25.5 Å². The number of methoxy groups -OCH3 is 1. The van der Waals surface area contributed by atoms with Crippen molar-refractivity contribution in [2.24, 2.45) is 0 Å². The first-order valence-electron chi connectivity index (χ1n) is 14.6. The molecule has 0 unspecified atom stereocenters. The number of fused-ring (bicyclic) bond motifs is 2. The van der Waals surface area contributed by atoms with Crippen LogP contribution in [-0.4, -0.2) is 50.8 Å². The number of para-hydroxylation sites is 2. The Balaban J connectivity index is 1.38. The highest BCUT2D eigenvalue weighted by Gasteiger charge is 2.27. The maximum Gasteiger partial charge on any atom is 0.272 e. The zero-order valence-corrected chi connectivity index (χ0v) is 24.2. The van der Waals surface area contributed by atoms with E-state index in [9.17, 15) is 4.79 Å². The molecule has 5 N–H and O–H groups in total. The normalized spacial score (nSPS) is 13.8. The maximum absolute atomic E-state index is 13.5. The van der Waals surface area contributed by atoms with Gasteiger partial charge in [0.15, 0.2) is 5.65 Å². The summed E-state index contributed by atoms with van der Waals surface area (Å²) in [5, 5.41) is 12.9. The first kappa shape index (κ1) is 27.4. The van der Waals surface area contributed by atoms with Crippen molar-refractivity contribution in [1.29, 1.82) is 0 Å². The van der Waals surface area contributed by atoms with Gasteiger partial charge in [-0.05, 0) is 61.8 Å². The molecular formula is C33H32N8O3. The Morgan fingerprint density at radius 3 is 2.64 bits per heavy atom. The highest BCUT2D eigenvalue weighted by atomic mass is 16.5. The number of aromatic amines is 1. The maximum atomic E-state index is 13.5. The Kier molecular flexibility index (Phi) is 7.29. The van der Waals surface area contributed by atoms with Crippen LogP contribution in [0.15, 0.2) is 79.1 Å². The van der Waals surface area contributed by atoms with Gasteiger partial charge in [0.05, 0.1) is 29.8 Å². The number of H-pyrrole nitrogens is 1. The van der Waals surface area contributed by atoms with Crippen molar-refractivity contribution in [3.05, 3.63) is 90.4 Å². The number of anilines is 2. The van der Waals surface area contributed by atoms with Crippen molar-refractivity contribution in [2.75, 3.05) is 31.2 Å². The number of carbonyl (C=O) groups excluding carboxylic acids is 1. The third-order valence-corrected chi connectivity index (χ3v) is 8.01. The van der Waals surface area contributed by atoms with Gasteiger partial charge in [-0.15, -0.1) is 0 Å². The lowest BCUT2D eigenvalue weighted by atomic mass is 10.0. The van der Waals surface area contributed by atoms with Gasteiger partial charge in [-0.2, -0.15) is 5.10 Å². The molecule has 0 atom stereocenters. The number of hydrogen-bond donors (Lipinski definition) is 4. The average molecular weight is 589 g/mol. The van der Waals surface area contributed by atoms with Crippen LogP contribution in [0.25, 0.3) is 33.2 Å². The van der Waals surface area contributed by atoms with Gasteiger partial charge in [-0.3, -0.25) is 4.79 Å². The summed E-state index contributed by atoms with van der Waals surface area (Å²) < 4.78 is 13.9. The highest BCUT2D eigenvalue weighted by molar-refractivity contribution is 6.12. The summed E-state index contributed by atoms with van der Waals surface area (Å²) in [7, 11) is 1.57. The molecule has 4 heterocycles. The topological polar surface area (TPSA) is 145 Å². The number of benzene rings is 3. The molecule has 0 aliphatic carbocycles. The molecule has 0 radical (unpaired) electrons. The van der Waals surface area contributed by atoms with Crippen LogP contribution in [0, 0.1) is 0 Å². The quantitative estimate of drug-likeness (QED) is 0.187. The predicted molar refractivity (Wildman–Crippen MR) is 170 cm³/mol. The van der Waals surface area contributed by atoms with Crippen LogP contribution in [0.4, 0.5) is 11.5 Å². The third kappa shape index (κ3) is 5.07. The first-order valence-corrected chi connectivity index (χ1v) is 14.6. The summed E-state index contributed by atoms with van der Waals surface area (Å²) >= 11 is 0. The molecule has 3 aromatic heterocycles. The third-order valence-electron chi connectivity index (χ3n) is 8.01. The van der Waals surface area contributed by atoms with E-state index in [4.69, 9.17) is 20.3 Å². The Labute approximate surface area is 253 Å². The Morgan fingerprint density at radius 1 is 1.02 bits per heavy atom. The number of aromatic nitrogens is 5. The molecule has 6 aromatic rings. The molecule has 222 valence electrons. The lowest BCUT2D eigenvalue weighted by Crippen LogP contribution is -2.30. The number of nitrogens with zero attached hydrogens (tertiary/aromatic N) is 4. The number of amides is 1. The van der Waals surface area contributed by atoms with Gasteiger partial charge in [0.25, 0.3) is 5.91 Å². The van der Waals surface area contributed by atoms with E-state index in [1.807, 2.05) is 65.3 Å². The Morgan fingerprint density at radius 2 is 1.82 bits per heavy atom. The minimum absolute atomic E-state index is 0.156. The van der Waals surface area contributed by atoms with E-state index < -0.39 is 0 Å². The molecule has 7 rings (SSSR count). The lowest BCUT2D eigenvalue weighted by molar-refractivity contribution is 0.102. The van der Waals surface area contributed by atoms with E-state index in [2.05, 4.69) is 25.6 Å². The number of carbonyl (C=O) groups is 1. The SMILES string of the molecule is COc1ccccc1NC(=O)c1cc2c(-c3nn(C4CCNCC4)c4ncnc(N)c34)c(OCc3ccccc3)ccc2[nH]1. The number of nitrogen functional groups attached to an aromatic ring is 1.